The van der Waals surface area contributed by atoms with Gasteiger partial charge in [-0.05, 0) is 54.6 Å². The van der Waals surface area contributed by atoms with E-state index in [0.717, 1.165) is 12.1 Å². The predicted octanol–water partition coefficient (Wildman–Crippen LogP) is 10.8. The summed E-state index contributed by atoms with van der Waals surface area (Å²) in [4.78, 5) is 8.77. The summed E-state index contributed by atoms with van der Waals surface area (Å²) in [5.74, 6) is -1.30. The highest BCUT2D eigenvalue weighted by molar-refractivity contribution is 7.14. The van der Waals surface area contributed by atoms with Gasteiger partial charge < -0.3 is 10.6 Å². The van der Waals surface area contributed by atoms with Gasteiger partial charge in [0.25, 0.3) is 0 Å². The highest BCUT2D eigenvalue weighted by Crippen LogP contribution is 2.35. The van der Waals surface area contributed by atoms with E-state index < -0.39 is 23.4 Å². The van der Waals surface area contributed by atoms with Gasteiger partial charge in [0.1, 0.15) is 11.4 Å². The number of azo groups is 1. The summed E-state index contributed by atoms with van der Waals surface area (Å²) in [5.41, 5.74) is 1.42. The summed E-state index contributed by atoms with van der Waals surface area (Å²) in [6, 6.07) is 13.1. The molecule has 0 radical (unpaired) electrons. The van der Waals surface area contributed by atoms with Gasteiger partial charge in [0.2, 0.25) is 0 Å². The number of hydrogen-bond acceptors (Lipinski definition) is 8. The van der Waals surface area contributed by atoms with Crippen LogP contribution in [0.5, 0.6) is 0 Å². The molecule has 13 heteroatoms. The first-order chi connectivity index (χ1) is 20.1. The van der Waals surface area contributed by atoms with E-state index in [0.29, 0.717) is 32.8 Å². The van der Waals surface area contributed by atoms with Crippen molar-refractivity contribution in [2.24, 2.45) is 10.2 Å². The molecule has 2 heterocycles. The third-order valence-corrected chi connectivity index (χ3v) is 7.03. The Balaban J connectivity index is 0.00000129. The van der Waals surface area contributed by atoms with E-state index in [4.69, 9.17) is 0 Å². The summed E-state index contributed by atoms with van der Waals surface area (Å²) in [7, 11) is 1.74. The molecule has 2 aromatic heterocycles. The van der Waals surface area contributed by atoms with Crippen molar-refractivity contribution in [1.29, 1.82) is 0 Å². The summed E-state index contributed by atoms with van der Waals surface area (Å²) in [6.45, 7) is 4.25. The van der Waals surface area contributed by atoms with Crippen LogP contribution in [0, 0.1) is 11.6 Å². The first-order valence-corrected chi connectivity index (χ1v) is 14.4. The lowest BCUT2D eigenvalue weighted by Crippen LogP contribution is -2.05. The fourth-order valence-corrected chi connectivity index (χ4v) is 4.91. The number of halogens is 5. The molecule has 5 rings (SSSR count). The third-order valence-electron chi connectivity index (χ3n) is 5.41. The van der Waals surface area contributed by atoms with Gasteiger partial charge in [-0.15, -0.1) is 32.9 Å². The van der Waals surface area contributed by atoms with Crippen molar-refractivity contribution in [3.05, 3.63) is 88.6 Å². The van der Waals surface area contributed by atoms with Crippen LogP contribution in [0.1, 0.15) is 25.8 Å². The number of benzene rings is 3. The Hall–Kier alpha value is -4.23. The van der Waals surface area contributed by atoms with E-state index in [2.05, 4.69) is 44.7 Å². The number of thiazole rings is 2. The van der Waals surface area contributed by atoms with E-state index in [1.54, 1.807) is 18.5 Å². The molecule has 42 heavy (non-hydrogen) atoms. The van der Waals surface area contributed by atoms with E-state index in [9.17, 15) is 22.0 Å². The molecule has 0 amide bonds. The zero-order valence-corrected chi connectivity index (χ0v) is 24.3. The molecule has 0 atom stereocenters. The van der Waals surface area contributed by atoms with Crippen LogP contribution in [-0.2, 0) is 6.18 Å². The van der Waals surface area contributed by atoms with Gasteiger partial charge >= 0.3 is 6.18 Å². The van der Waals surface area contributed by atoms with Crippen molar-refractivity contribution < 1.29 is 22.0 Å². The summed E-state index contributed by atoms with van der Waals surface area (Å²) < 4.78 is 67.9. The zero-order chi connectivity index (χ0) is 30.3. The van der Waals surface area contributed by atoms with Gasteiger partial charge in [-0.2, -0.15) is 13.2 Å². The number of rotatable bonds is 7. The maximum absolute atomic E-state index is 14.5. The fourth-order valence-electron chi connectivity index (χ4n) is 3.49. The van der Waals surface area contributed by atoms with Crippen LogP contribution in [0.15, 0.2) is 81.7 Å². The lowest BCUT2D eigenvalue weighted by atomic mass is 10.1. The Bertz CT molecular complexity index is 1680. The minimum atomic E-state index is -4.47. The quantitative estimate of drug-likeness (QED) is 0.141. The molecule has 0 saturated carbocycles. The Labute approximate surface area is 247 Å². The second-order valence-corrected chi connectivity index (χ2v) is 10.5. The van der Waals surface area contributed by atoms with Crippen LogP contribution in [0.2, 0.25) is 0 Å². The monoisotopic (exact) mass is 616 g/mol. The van der Waals surface area contributed by atoms with E-state index in [1.165, 1.54) is 71.6 Å². The molecule has 218 valence electrons. The molecule has 3 aromatic carbocycles. The highest BCUT2D eigenvalue weighted by atomic mass is 32.1. The van der Waals surface area contributed by atoms with Crippen LogP contribution in [0.3, 0.4) is 0 Å². The van der Waals surface area contributed by atoms with Crippen molar-refractivity contribution in [3.8, 4) is 22.5 Å². The van der Waals surface area contributed by atoms with Crippen LogP contribution < -0.4 is 10.6 Å². The number of aromatic nitrogens is 2. The Morgan fingerprint density at radius 3 is 1.79 bits per heavy atom. The maximum Gasteiger partial charge on any atom is 0.416 e. The van der Waals surface area contributed by atoms with Crippen molar-refractivity contribution in [1.82, 2.24) is 9.97 Å². The summed E-state index contributed by atoms with van der Waals surface area (Å²) in [6.07, 6.45) is -3.22. The minimum Gasteiger partial charge on any atom is -0.365 e. The summed E-state index contributed by atoms with van der Waals surface area (Å²) in [5, 5.41) is 18.2. The fraction of sp³-hybridized carbons (Fsp3) is 0.172. The lowest BCUT2D eigenvalue weighted by molar-refractivity contribution is -0.137. The number of nitrogens with one attached hydrogen (secondary N) is 2. The maximum atomic E-state index is 14.5. The number of hydrogen-bond donors (Lipinski definition) is 2. The molecule has 2 N–H and O–H groups in total. The molecule has 0 fully saturated rings. The Morgan fingerprint density at radius 1 is 0.762 bits per heavy atom. The van der Waals surface area contributed by atoms with E-state index in [1.807, 2.05) is 5.38 Å². The van der Waals surface area contributed by atoms with Crippen LogP contribution >= 0.6 is 22.7 Å². The molecular formula is C29H25F5N6S2. The molecule has 0 saturated heterocycles. The summed E-state index contributed by atoms with van der Waals surface area (Å²) >= 11 is 2.56. The third kappa shape index (κ3) is 7.74. The lowest BCUT2D eigenvalue weighted by Gasteiger charge is -2.09. The standard InChI is InChI=1S/C26H17F5N6S2.C3H8/c1-32-24-34-22(12-38-24)14-5-7-18(27)20(9-14)36-37-21-10-15(6-8-19(21)28)23-13-39-25(35-23)33-17-4-2-3-16(11-17)26(29,30)31;1-3-2/h2-13H,1H3,(H,32,34)(H,33,35);3H2,1-2H3. The van der Waals surface area contributed by atoms with Crippen molar-refractivity contribution in [3.63, 3.8) is 0 Å². The highest BCUT2D eigenvalue weighted by Gasteiger charge is 2.30. The van der Waals surface area contributed by atoms with E-state index in [-0.39, 0.29) is 17.1 Å². The van der Waals surface area contributed by atoms with Gasteiger partial charge in [-0.25, -0.2) is 18.7 Å². The molecule has 0 bridgehead atoms. The number of anilines is 3. The normalized spacial score (nSPS) is 11.3. The van der Waals surface area contributed by atoms with Crippen molar-refractivity contribution in [2.45, 2.75) is 26.4 Å². The van der Waals surface area contributed by atoms with Gasteiger partial charge in [0, 0.05) is 34.6 Å². The minimum absolute atomic E-state index is 0.0856. The van der Waals surface area contributed by atoms with Gasteiger partial charge in [0.15, 0.2) is 21.9 Å². The van der Waals surface area contributed by atoms with Crippen molar-refractivity contribution in [2.75, 3.05) is 17.7 Å². The molecule has 6 nitrogen and oxygen atoms in total. The largest absolute Gasteiger partial charge is 0.416 e. The van der Waals surface area contributed by atoms with Crippen LogP contribution in [0.4, 0.5) is 49.3 Å². The van der Waals surface area contributed by atoms with Crippen molar-refractivity contribution >= 4 is 50.0 Å². The Morgan fingerprint density at radius 2 is 1.29 bits per heavy atom. The van der Waals surface area contributed by atoms with Crippen LogP contribution in [0.25, 0.3) is 22.5 Å². The first kappa shape index (κ1) is 30.7. The molecule has 5 aromatic rings. The van der Waals surface area contributed by atoms with E-state index >= 15 is 0 Å². The van der Waals surface area contributed by atoms with Gasteiger partial charge in [-0.1, -0.05) is 26.3 Å². The van der Waals surface area contributed by atoms with Gasteiger partial charge in [0.05, 0.1) is 17.0 Å². The Kier molecular flexibility index (Phi) is 9.96. The molecule has 0 spiro atoms. The molecular weight excluding hydrogens is 591 g/mol. The second kappa shape index (κ2) is 13.6. The zero-order valence-electron chi connectivity index (χ0n) is 22.6. The average Bonchev–Trinajstić information content (AvgIpc) is 3.64. The van der Waals surface area contributed by atoms with Crippen LogP contribution in [-0.4, -0.2) is 17.0 Å². The SMILES string of the molecule is CCC.CNc1nc(-c2ccc(F)c(N=Nc3cc(-c4csc(Nc5cccc(C(F)(F)F)c5)n4)ccc3F)c2)cs1. The second-order valence-electron chi connectivity index (χ2n) is 8.77. The average molecular weight is 617 g/mol. The molecule has 0 unspecified atom stereocenters. The molecule has 0 aliphatic carbocycles. The molecule has 0 aliphatic rings. The van der Waals surface area contributed by atoms with Gasteiger partial charge in [-0.3, -0.25) is 0 Å². The smallest absolute Gasteiger partial charge is 0.365 e. The predicted molar refractivity (Wildman–Crippen MR) is 159 cm³/mol. The number of alkyl halides is 3. The topological polar surface area (TPSA) is 74.6 Å². The number of nitrogens with zero attached hydrogens (tertiary/aromatic N) is 4. The molecule has 0 aliphatic heterocycles. The first-order valence-electron chi connectivity index (χ1n) is 12.7.